The molecule has 1 fully saturated rings. The molecule has 4 nitrogen and oxygen atoms in total. The number of ether oxygens (including phenoxy) is 1. The Morgan fingerprint density at radius 3 is 2.88 bits per heavy atom. The predicted octanol–water partition coefficient (Wildman–Crippen LogP) is 4.20. The van der Waals surface area contributed by atoms with E-state index in [9.17, 15) is 13.6 Å². The van der Waals surface area contributed by atoms with Gasteiger partial charge in [-0.1, -0.05) is 17.9 Å². The first kappa shape index (κ1) is 17.6. The molecule has 6 heteroatoms. The molecule has 132 valence electrons. The van der Waals surface area contributed by atoms with Gasteiger partial charge in [0.05, 0.1) is 0 Å². The second-order valence-electron chi connectivity index (χ2n) is 5.84. The number of allylic oxidation sites excluding steroid dienone is 2. The van der Waals surface area contributed by atoms with Gasteiger partial charge in [-0.15, -0.1) is 0 Å². The summed E-state index contributed by atoms with van der Waals surface area (Å²) in [4.78, 5) is 15.9. The third kappa shape index (κ3) is 3.72. The quantitative estimate of drug-likeness (QED) is 0.823. The summed E-state index contributed by atoms with van der Waals surface area (Å²) in [5, 5.41) is 2.62. The van der Waals surface area contributed by atoms with Crippen LogP contribution in [0.1, 0.15) is 42.7 Å². The van der Waals surface area contributed by atoms with Gasteiger partial charge in [0.15, 0.2) is 6.10 Å². The molecule has 1 aromatic heterocycles. The van der Waals surface area contributed by atoms with Crippen molar-refractivity contribution in [2.45, 2.75) is 26.0 Å². The van der Waals surface area contributed by atoms with E-state index in [1.165, 1.54) is 6.20 Å². The highest BCUT2D eigenvalue weighted by atomic mass is 19.1. The van der Waals surface area contributed by atoms with Crippen molar-refractivity contribution in [1.82, 2.24) is 10.3 Å². The number of carbonyl (C=O) groups excluding carboxylic acids is 1. The minimum Gasteiger partial charge on any atom is -0.439 e. The van der Waals surface area contributed by atoms with Crippen molar-refractivity contribution in [3.05, 3.63) is 76.6 Å². The molecule has 0 bridgehead atoms. The lowest BCUT2D eigenvalue weighted by atomic mass is 9.96. The molecular formula is C20H16F2N2O2. The summed E-state index contributed by atoms with van der Waals surface area (Å²) in [6, 6.07) is 4.09. The molecule has 26 heavy (non-hydrogen) atoms. The van der Waals surface area contributed by atoms with Crippen molar-refractivity contribution in [1.29, 1.82) is 0 Å². The zero-order valence-electron chi connectivity index (χ0n) is 14.2. The number of rotatable bonds is 2. The van der Waals surface area contributed by atoms with Crippen LogP contribution >= 0.6 is 0 Å². The Morgan fingerprint density at radius 2 is 2.12 bits per heavy atom. The smallest absolute Gasteiger partial charge is 0.408 e. The van der Waals surface area contributed by atoms with Crippen molar-refractivity contribution in [2.75, 3.05) is 0 Å². The van der Waals surface area contributed by atoms with E-state index in [1.54, 1.807) is 12.3 Å². The fraction of sp³-hybridized carbons (Fsp3) is 0.200. The van der Waals surface area contributed by atoms with Gasteiger partial charge in [-0.2, -0.15) is 0 Å². The molecule has 2 unspecified atom stereocenters. The van der Waals surface area contributed by atoms with Crippen LogP contribution in [0.3, 0.4) is 0 Å². The number of alkyl carbamates (subject to hydrolysis) is 1. The van der Waals surface area contributed by atoms with Crippen LogP contribution in [0.15, 0.2) is 48.3 Å². The molecule has 1 aliphatic rings. The lowest BCUT2D eigenvalue weighted by Gasteiger charge is -2.18. The van der Waals surface area contributed by atoms with Crippen LogP contribution in [0.2, 0.25) is 0 Å². The van der Waals surface area contributed by atoms with E-state index in [0.29, 0.717) is 11.1 Å². The average molecular weight is 354 g/mol. The molecular weight excluding hydrogens is 338 g/mol. The normalized spacial score (nSPS) is 19.4. The molecule has 1 saturated heterocycles. The summed E-state index contributed by atoms with van der Waals surface area (Å²) in [7, 11) is 0. The van der Waals surface area contributed by atoms with Crippen molar-refractivity contribution in [3.8, 4) is 11.8 Å². The first-order valence-electron chi connectivity index (χ1n) is 8.00. The fourth-order valence-corrected chi connectivity index (χ4v) is 2.59. The zero-order chi connectivity index (χ0) is 18.7. The number of hydrogen-bond acceptors (Lipinski definition) is 3. The number of amides is 1. The maximum Gasteiger partial charge on any atom is 0.408 e. The number of nitrogens with one attached hydrogen (secondary N) is 1. The molecule has 0 radical (unpaired) electrons. The standard InChI is InChI=1S/C20H16F2N2O2/c1-3-12(2)4-5-13-8-14(11-23-10-13)18-19(26-20(25)24-18)16-9-15(21)6-7-17(16)22/h3,6-11,18-19H,1-2H3,(H,24,25). The summed E-state index contributed by atoms with van der Waals surface area (Å²) >= 11 is 0. The first-order valence-corrected chi connectivity index (χ1v) is 8.00. The van der Waals surface area contributed by atoms with Crippen LogP contribution in [0.4, 0.5) is 13.6 Å². The summed E-state index contributed by atoms with van der Waals surface area (Å²) in [6.45, 7) is 3.78. The number of benzene rings is 1. The van der Waals surface area contributed by atoms with Gasteiger partial charge in [0.2, 0.25) is 0 Å². The number of pyridine rings is 1. The Hall–Kier alpha value is -3.20. The molecule has 1 N–H and O–H groups in total. The summed E-state index contributed by atoms with van der Waals surface area (Å²) in [6.07, 6.45) is 3.31. The van der Waals surface area contributed by atoms with Crippen LogP contribution < -0.4 is 5.32 Å². The molecule has 0 aliphatic carbocycles. The third-order valence-electron chi connectivity index (χ3n) is 4.03. The second kappa shape index (κ2) is 7.36. The van der Waals surface area contributed by atoms with Gasteiger partial charge in [0, 0.05) is 23.5 Å². The van der Waals surface area contributed by atoms with Crippen LogP contribution in [-0.2, 0) is 4.74 Å². The number of carbonyl (C=O) groups is 1. The minimum atomic E-state index is -1.000. The van der Waals surface area contributed by atoms with Gasteiger partial charge in [-0.3, -0.25) is 4.98 Å². The Bertz CT molecular complexity index is 944. The van der Waals surface area contributed by atoms with Gasteiger partial charge in [-0.05, 0) is 49.2 Å². The molecule has 1 amide bonds. The number of halogens is 2. The third-order valence-corrected chi connectivity index (χ3v) is 4.03. The van der Waals surface area contributed by atoms with E-state index >= 15 is 0 Å². The Labute approximate surface area is 149 Å². The highest BCUT2D eigenvalue weighted by Crippen LogP contribution is 2.37. The van der Waals surface area contributed by atoms with E-state index in [0.717, 1.165) is 23.8 Å². The Kier molecular flexibility index (Phi) is 4.99. The highest BCUT2D eigenvalue weighted by Gasteiger charge is 2.38. The van der Waals surface area contributed by atoms with Gasteiger partial charge in [0.1, 0.15) is 17.7 Å². The fourth-order valence-electron chi connectivity index (χ4n) is 2.59. The summed E-state index contributed by atoms with van der Waals surface area (Å²) < 4.78 is 32.8. The molecule has 2 heterocycles. The lowest BCUT2D eigenvalue weighted by Crippen LogP contribution is -2.20. The van der Waals surface area contributed by atoms with Gasteiger partial charge in [0.25, 0.3) is 0 Å². The number of cyclic esters (lactones) is 1. The Balaban J connectivity index is 1.97. The largest absolute Gasteiger partial charge is 0.439 e. The maximum atomic E-state index is 14.1. The van der Waals surface area contributed by atoms with Crippen molar-refractivity contribution in [3.63, 3.8) is 0 Å². The van der Waals surface area contributed by atoms with Crippen LogP contribution in [-0.4, -0.2) is 11.1 Å². The van der Waals surface area contributed by atoms with Gasteiger partial charge < -0.3 is 10.1 Å². The van der Waals surface area contributed by atoms with Gasteiger partial charge in [-0.25, -0.2) is 13.6 Å². The Morgan fingerprint density at radius 1 is 1.31 bits per heavy atom. The van der Waals surface area contributed by atoms with E-state index in [2.05, 4.69) is 22.1 Å². The first-order chi connectivity index (χ1) is 12.5. The summed E-state index contributed by atoms with van der Waals surface area (Å²) in [5.41, 5.74) is 2.11. The van der Waals surface area contributed by atoms with Crippen LogP contribution in [0, 0.1) is 23.5 Å². The monoisotopic (exact) mass is 354 g/mol. The number of nitrogens with zero attached hydrogens (tertiary/aromatic N) is 1. The average Bonchev–Trinajstić information content (AvgIpc) is 3.03. The molecule has 1 aliphatic heterocycles. The number of hydrogen-bond donors (Lipinski definition) is 1. The molecule has 0 saturated carbocycles. The molecule has 0 spiro atoms. The van der Waals surface area contributed by atoms with Crippen molar-refractivity contribution < 1.29 is 18.3 Å². The topological polar surface area (TPSA) is 51.2 Å². The molecule has 2 atom stereocenters. The lowest BCUT2D eigenvalue weighted by molar-refractivity contribution is 0.130. The molecule has 1 aromatic carbocycles. The van der Waals surface area contributed by atoms with E-state index in [-0.39, 0.29) is 5.56 Å². The van der Waals surface area contributed by atoms with Gasteiger partial charge >= 0.3 is 6.09 Å². The molecule has 2 aromatic rings. The zero-order valence-corrected chi connectivity index (χ0v) is 14.2. The number of aromatic nitrogens is 1. The van der Waals surface area contributed by atoms with E-state index < -0.39 is 29.9 Å². The van der Waals surface area contributed by atoms with Crippen molar-refractivity contribution in [2.24, 2.45) is 0 Å². The maximum absolute atomic E-state index is 14.1. The summed E-state index contributed by atoms with van der Waals surface area (Å²) in [5.74, 6) is 4.70. The van der Waals surface area contributed by atoms with Crippen LogP contribution in [0.25, 0.3) is 0 Å². The van der Waals surface area contributed by atoms with Crippen molar-refractivity contribution >= 4 is 6.09 Å². The molecule has 3 rings (SSSR count). The predicted molar refractivity (Wildman–Crippen MR) is 92.0 cm³/mol. The SMILES string of the molecule is CC=C(C)C#Cc1cncc(C2NC(=O)OC2c2cc(F)ccc2F)c1. The minimum absolute atomic E-state index is 0.0328. The highest BCUT2D eigenvalue weighted by molar-refractivity contribution is 5.71. The van der Waals surface area contributed by atoms with E-state index in [4.69, 9.17) is 4.74 Å². The second-order valence-corrected chi connectivity index (χ2v) is 5.84. The van der Waals surface area contributed by atoms with Crippen LogP contribution in [0.5, 0.6) is 0 Å². The van der Waals surface area contributed by atoms with E-state index in [1.807, 2.05) is 19.9 Å².